The Bertz CT molecular complexity index is 559. The fourth-order valence-corrected chi connectivity index (χ4v) is 3.04. The maximum atomic E-state index is 12.0. The highest BCUT2D eigenvalue weighted by Crippen LogP contribution is 2.20. The third kappa shape index (κ3) is 8.86. The molecule has 7 nitrogen and oxygen atoms in total. The van der Waals surface area contributed by atoms with Crippen molar-refractivity contribution in [3.8, 4) is 0 Å². The molecule has 1 heterocycles. The van der Waals surface area contributed by atoms with Crippen molar-refractivity contribution >= 4 is 11.9 Å². The zero-order chi connectivity index (χ0) is 19.2. The summed E-state index contributed by atoms with van der Waals surface area (Å²) in [5.74, 6) is 0.650. The number of nitrogens with zero attached hydrogens (tertiary/aromatic N) is 2. The topological polar surface area (TPSA) is 87.6 Å². The summed E-state index contributed by atoms with van der Waals surface area (Å²) in [7, 11) is 0. The maximum Gasteiger partial charge on any atom is 0.252 e. The van der Waals surface area contributed by atoms with Gasteiger partial charge in [-0.25, -0.2) is 0 Å². The van der Waals surface area contributed by atoms with Crippen LogP contribution in [0.1, 0.15) is 55.8 Å². The third-order valence-corrected chi connectivity index (χ3v) is 4.45. The van der Waals surface area contributed by atoms with Gasteiger partial charge in [0.1, 0.15) is 0 Å². The lowest BCUT2D eigenvalue weighted by molar-refractivity contribution is 0.0281. The number of hydrogen-bond donors (Lipinski definition) is 3. The van der Waals surface area contributed by atoms with Crippen LogP contribution in [0.3, 0.4) is 0 Å². The van der Waals surface area contributed by atoms with E-state index in [1.54, 1.807) is 24.5 Å². The van der Waals surface area contributed by atoms with Crippen molar-refractivity contribution in [3.63, 3.8) is 0 Å². The van der Waals surface area contributed by atoms with Crippen LogP contribution in [0.5, 0.6) is 0 Å². The molecular formula is C20H33N5O2. The number of ether oxygens (including phenoxy) is 1. The highest BCUT2D eigenvalue weighted by Gasteiger charge is 2.12. The zero-order valence-electron chi connectivity index (χ0n) is 16.4. The summed E-state index contributed by atoms with van der Waals surface area (Å²) >= 11 is 0. The summed E-state index contributed by atoms with van der Waals surface area (Å²) in [6.07, 6.45) is 11.0. The normalized spacial score (nSPS) is 15.4. The van der Waals surface area contributed by atoms with Crippen LogP contribution in [0.4, 0.5) is 0 Å². The largest absolute Gasteiger partial charge is 0.378 e. The van der Waals surface area contributed by atoms with Crippen molar-refractivity contribution in [2.75, 3.05) is 32.8 Å². The Morgan fingerprint density at radius 1 is 1.22 bits per heavy atom. The molecule has 0 aliphatic heterocycles. The van der Waals surface area contributed by atoms with Crippen LogP contribution in [-0.2, 0) is 4.74 Å². The van der Waals surface area contributed by atoms with E-state index in [9.17, 15) is 4.79 Å². The van der Waals surface area contributed by atoms with Gasteiger partial charge < -0.3 is 20.7 Å². The predicted molar refractivity (Wildman–Crippen MR) is 108 cm³/mol. The molecule has 1 aromatic rings. The van der Waals surface area contributed by atoms with Gasteiger partial charge in [-0.2, -0.15) is 0 Å². The van der Waals surface area contributed by atoms with Gasteiger partial charge in [0, 0.05) is 45.2 Å². The van der Waals surface area contributed by atoms with E-state index in [0.717, 1.165) is 32.1 Å². The highest BCUT2D eigenvalue weighted by atomic mass is 16.5. The lowest BCUT2D eigenvalue weighted by Crippen LogP contribution is -2.41. The lowest BCUT2D eigenvalue weighted by Gasteiger charge is -2.21. The molecule has 150 valence electrons. The molecule has 0 spiro atoms. The fourth-order valence-electron chi connectivity index (χ4n) is 3.04. The molecule has 0 aromatic carbocycles. The Labute approximate surface area is 162 Å². The monoisotopic (exact) mass is 375 g/mol. The summed E-state index contributed by atoms with van der Waals surface area (Å²) in [6, 6.07) is 3.50. The predicted octanol–water partition coefficient (Wildman–Crippen LogP) is 2.11. The van der Waals surface area contributed by atoms with Crippen molar-refractivity contribution in [1.82, 2.24) is 20.9 Å². The summed E-state index contributed by atoms with van der Waals surface area (Å²) < 4.78 is 5.93. The number of aromatic nitrogens is 1. The average Bonchev–Trinajstić information content (AvgIpc) is 2.72. The summed E-state index contributed by atoms with van der Waals surface area (Å²) in [5.41, 5.74) is 0.566. The van der Waals surface area contributed by atoms with Crippen molar-refractivity contribution in [2.24, 2.45) is 4.99 Å². The second-order valence-corrected chi connectivity index (χ2v) is 6.67. The molecule has 0 saturated heterocycles. The van der Waals surface area contributed by atoms with Crippen LogP contribution in [0.2, 0.25) is 0 Å². The van der Waals surface area contributed by atoms with Gasteiger partial charge in [0.05, 0.1) is 11.7 Å². The summed E-state index contributed by atoms with van der Waals surface area (Å²) in [6.45, 7) is 5.46. The molecule has 1 aromatic heterocycles. The molecular weight excluding hydrogens is 342 g/mol. The maximum absolute atomic E-state index is 12.0. The standard InChI is InChI=1S/C20H33N5O2/c1-2-22-20(24-12-7-15-27-18-9-4-3-5-10-18)25-14-13-23-19(26)17-8-6-11-21-16-17/h6,8,11,16,18H,2-5,7,9-10,12-15H2,1H3,(H,23,26)(H2,22,24,25). The number of rotatable bonds is 10. The number of carbonyl (C=O) groups is 1. The molecule has 0 atom stereocenters. The molecule has 1 saturated carbocycles. The molecule has 1 fully saturated rings. The fraction of sp³-hybridized carbons (Fsp3) is 0.650. The van der Waals surface area contributed by atoms with E-state index in [1.807, 2.05) is 6.92 Å². The van der Waals surface area contributed by atoms with E-state index in [2.05, 4.69) is 25.9 Å². The quantitative estimate of drug-likeness (QED) is 0.331. The first-order valence-corrected chi connectivity index (χ1v) is 10.1. The Balaban J connectivity index is 1.59. The Morgan fingerprint density at radius 3 is 2.78 bits per heavy atom. The first-order valence-electron chi connectivity index (χ1n) is 10.1. The van der Waals surface area contributed by atoms with Crippen LogP contribution in [0.25, 0.3) is 0 Å². The third-order valence-electron chi connectivity index (χ3n) is 4.45. The summed E-state index contributed by atoms with van der Waals surface area (Å²) in [4.78, 5) is 20.5. The minimum Gasteiger partial charge on any atom is -0.378 e. The molecule has 0 radical (unpaired) electrons. The van der Waals surface area contributed by atoms with Gasteiger partial charge in [-0.1, -0.05) is 19.3 Å². The number of amides is 1. The van der Waals surface area contributed by atoms with Crippen LogP contribution in [0.15, 0.2) is 29.5 Å². The molecule has 0 bridgehead atoms. The molecule has 1 aliphatic carbocycles. The van der Waals surface area contributed by atoms with Crippen molar-refractivity contribution < 1.29 is 9.53 Å². The van der Waals surface area contributed by atoms with Crippen molar-refractivity contribution in [1.29, 1.82) is 0 Å². The molecule has 2 rings (SSSR count). The number of pyridine rings is 1. The van der Waals surface area contributed by atoms with Gasteiger partial charge in [0.2, 0.25) is 0 Å². The van der Waals surface area contributed by atoms with Crippen LogP contribution in [-0.4, -0.2) is 55.7 Å². The van der Waals surface area contributed by atoms with E-state index in [0.29, 0.717) is 24.8 Å². The molecule has 27 heavy (non-hydrogen) atoms. The Morgan fingerprint density at radius 2 is 2.04 bits per heavy atom. The number of nitrogens with one attached hydrogen (secondary N) is 3. The van der Waals surface area contributed by atoms with E-state index >= 15 is 0 Å². The second-order valence-electron chi connectivity index (χ2n) is 6.67. The zero-order valence-corrected chi connectivity index (χ0v) is 16.4. The molecule has 0 unspecified atom stereocenters. The minimum absolute atomic E-state index is 0.119. The number of aliphatic imine (C=N–C) groups is 1. The smallest absolute Gasteiger partial charge is 0.252 e. The SMILES string of the molecule is CCNC(=NCCCOC1CCCCC1)NCCNC(=O)c1cccnc1. The van der Waals surface area contributed by atoms with Gasteiger partial charge >= 0.3 is 0 Å². The van der Waals surface area contributed by atoms with Crippen molar-refractivity contribution in [3.05, 3.63) is 30.1 Å². The van der Waals surface area contributed by atoms with Gasteiger partial charge in [0.15, 0.2) is 5.96 Å². The van der Waals surface area contributed by atoms with Gasteiger partial charge in [0.25, 0.3) is 5.91 Å². The van der Waals surface area contributed by atoms with E-state index in [4.69, 9.17) is 4.74 Å². The van der Waals surface area contributed by atoms with E-state index in [1.165, 1.54) is 32.1 Å². The lowest BCUT2D eigenvalue weighted by atomic mass is 9.98. The average molecular weight is 376 g/mol. The van der Waals surface area contributed by atoms with E-state index < -0.39 is 0 Å². The minimum atomic E-state index is -0.119. The highest BCUT2D eigenvalue weighted by molar-refractivity contribution is 5.93. The number of guanidine groups is 1. The van der Waals surface area contributed by atoms with Crippen LogP contribution in [0, 0.1) is 0 Å². The number of hydrogen-bond acceptors (Lipinski definition) is 4. The number of carbonyl (C=O) groups excluding carboxylic acids is 1. The van der Waals surface area contributed by atoms with E-state index in [-0.39, 0.29) is 5.91 Å². The molecule has 1 amide bonds. The van der Waals surface area contributed by atoms with Crippen LogP contribution >= 0.6 is 0 Å². The summed E-state index contributed by atoms with van der Waals surface area (Å²) in [5, 5.41) is 9.32. The Hall–Kier alpha value is -2.15. The molecule has 1 aliphatic rings. The van der Waals surface area contributed by atoms with Crippen molar-refractivity contribution in [2.45, 2.75) is 51.6 Å². The van der Waals surface area contributed by atoms with Gasteiger partial charge in [-0.3, -0.25) is 14.8 Å². The first-order chi connectivity index (χ1) is 13.3. The first kappa shape index (κ1) is 21.2. The van der Waals surface area contributed by atoms with Gasteiger partial charge in [-0.05, 0) is 38.3 Å². The molecule has 3 N–H and O–H groups in total. The van der Waals surface area contributed by atoms with Crippen LogP contribution < -0.4 is 16.0 Å². The molecule has 7 heteroatoms. The Kier molecular flexibility index (Phi) is 10.3. The van der Waals surface area contributed by atoms with Gasteiger partial charge in [-0.15, -0.1) is 0 Å². The second kappa shape index (κ2) is 13.1.